The number of aromatic nitrogens is 2. The standard InChI is InChI=1S/C17H20N2OS2/c1-17(2)7-11-14(13(20)8-17)16(21-9-10-3-4-10)22-15(11)12-5-6-18-19-12/h5-6,10H,3-4,7-9H2,1-2H3,(H,18,19). The minimum atomic E-state index is 0.0539. The predicted molar refractivity (Wildman–Crippen MR) is 91.8 cm³/mol. The van der Waals surface area contributed by atoms with Gasteiger partial charge in [-0.25, -0.2) is 0 Å². The molecular weight excluding hydrogens is 312 g/mol. The lowest BCUT2D eigenvalue weighted by molar-refractivity contribution is 0.0910. The molecule has 2 heterocycles. The lowest BCUT2D eigenvalue weighted by Crippen LogP contribution is -2.26. The first kappa shape index (κ1) is 14.5. The number of ketones is 1. The number of nitrogens with one attached hydrogen (secondary N) is 1. The normalized spacial score (nSPS) is 20.2. The molecule has 0 amide bonds. The number of carbonyl (C=O) groups excluding carboxylic acids is 1. The summed E-state index contributed by atoms with van der Waals surface area (Å²) in [7, 11) is 0. The van der Waals surface area contributed by atoms with Crippen LogP contribution in [-0.4, -0.2) is 21.7 Å². The van der Waals surface area contributed by atoms with E-state index >= 15 is 0 Å². The highest BCUT2D eigenvalue weighted by Crippen LogP contribution is 2.49. The molecule has 0 bridgehead atoms. The number of hydrogen-bond acceptors (Lipinski definition) is 4. The molecule has 2 aliphatic carbocycles. The minimum absolute atomic E-state index is 0.0539. The first-order chi connectivity index (χ1) is 10.5. The van der Waals surface area contributed by atoms with Gasteiger partial charge in [0.1, 0.15) is 0 Å². The van der Waals surface area contributed by atoms with E-state index in [1.54, 1.807) is 17.5 Å². The van der Waals surface area contributed by atoms with Crippen molar-refractivity contribution < 1.29 is 4.79 Å². The highest BCUT2D eigenvalue weighted by molar-refractivity contribution is 8.01. The Hall–Kier alpha value is -1.07. The summed E-state index contributed by atoms with van der Waals surface area (Å²) in [6.07, 6.45) is 6.14. The van der Waals surface area contributed by atoms with Crippen molar-refractivity contribution in [2.45, 2.75) is 43.7 Å². The zero-order valence-electron chi connectivity index (χ0n) is 12.9. The van der Waals surface area contributed by atoms with Crippen molar-refractivity contribution in [2.75, 3.05) is 5.75 Å². The van der Waals surface area contributed by atoms with Crippen molar-refractivity contribution in [3.8, 4) is 10.6 Å². The van der Waals surface area contributed by atoms with Crippen LogP contribution >= 0.6 is 23.1 Å². The summed E-state index contributed by atoms with van der Waals surface area (Å²) >= 11 is 3.67. The number of rotatable bonds is 4. The van der Waals surface area contributed by atoms with Gasteiger partial charge in [-0.1, -0.05) is 13.8 Å². The molecule has 0 aromatic carbocycles. The molecule has 0 spiro atoms. The highest BCUT2D eigenvalue weighted by Gasteiger charge is 2.37. The number of nitrogens with zero attached hydrogens (tertiary/aromatic N) is 1. The Bertz CT molecular complexity index is 711. The number of hydrogen-bond donors (Lipinski definition) is 1. The smallest absolute Gasteiger partial charge is 0.165 e. The van der Waals surface area contributed by atoms with E-state index in [1.807, 2.05) is 17.8 Å². The van der Waals surface area contributed by atoms with E-state index in [9.17, 15) is 4.79 Å². The topological polar surface area (TPSA) is 45.8 Å². The van der Waals surface area contributed by atoms with Crippen molar-refractivity contribution in [1.29, 1.82) is 0 Å². The number of aromatic amines is 1. The molecule has 0 saturated heterocycles. The molecule has 1 fully saturated rings. The largest absolute Gasteiger partial charge is 0.294 e. The van der Waals surface area contributed by atoms with Gasteiger partial charge < -0.3 is 0 Å². The summed E-state index contributed by atoms with van der Waals surface area (Å²) in [5, 5.41) is 7.16. The molecule has 0 unspecified atom stereocenters. The van der Waals surface area contributed by atoms with E-state index < -0.39 is 0 Å². The van der Waals surface area contributed by atoms with Gasteiger partial charge in [0.25, 0.3) is 0 Å². The third-order valence-electron chi connectivity index (χ3n) is 4.44. The van der Waals surface area contributed by atoms with Gasteiger partial charge in [-0.3, -0.25) is 9.89 Å². The van der Waals surface area contributed by atoms with Crippen LogP contribution in [0.4, 0.5) is 0 Å². The third kappa shape index (κ3) is 2.65. The van der Waals surface area contributed by atoms with Crippen molar-refractivity contribution in [3.05, 3.63) is 23.4 Å². The van der Waals surface area contributed by atoms with Gasteiger partial charge in [0.05, 0.1) is 14.8 Å². The maximum Gasteiger partial charge on any atom is 0.165 e. The average molecular weight is 332 g/mol. The maximum absolute atomic E-state index is 12.7. The van der Waals surface area contributed by atoms with Gasteiger partial charge >= 0.3 is 0 Å². The van der Waals surface area contributed by atoms with E-state index in [2.05, 4.69) is 24.0 Å². The SMILES string of the molecule is CC1(C)CC(=O)c2c(SCC3CC3)sc(-c3ccn[nH]3)c2C1. The Balaban J connectivity index is 1.78. The molecule has 0 atom stereocenters. The van der Waals surface area contributed by atoms with Crippen LogP contribution in [0, 0.1) is 11.3 Å². The predicted octanol–water partition coefficient (Wildman–Crippen LogP) is 4.80. The van der Waals surface area contributed by atoms with Gasteiger partial charge in [0.2, 0.25) is 0 Å². The lowest BCUT2D eigenvalue weighted by atomic mass is 9.74. The molecule has 5 heteroatoms. The fourth-order valence-corrected chi connectivity index (χ4v) is 5.97. The molecule has 0 aliphatic heterocycles. The van der Waals surface area contributed by atoms with E-state index in [1.165, 1.54) is 27.5 Å². The molecule has 3 nitrogen and oxygen atoms in total. The second-order valence-corrected chi connectivity index (χ2v) is 9.55. The third-order valence-corrected chi connectivity index (χ3v) is 7.21. The summed E-state index contributed by atoms with van der Waals surface area (Å²) in [5.74, 6) is 2.35. The van der Waals surface area contributed by atoms with Crippen LogP contribution in [0.2, 0.25) is 0 Å². The van der Waals surface area contributed by atoms with E-state index in [0.717, 1.165) is 29.3 Å². The molecule has 2 aliphatic rings. The minimum Gasteiger partial charge on any atom is -0.294 e. The molecule has 116 valence electrons. The number of fused-ring (bicyclic) bond motifs is 1. The summed E-state index contributed by atoms with van der Waals surface area (Å²) in [4.78, 5) is 13.9. The number of thioether (sulfide) groups is 1. The van der Waals surface area contributed by atoms with Gasteiger partial charge in [0, 0.05) is 23.9 Å². The lowest BCUT2D eigenvalue weighted by Gasteiger charge is -2.29. The Kier molecular flexibility index (Phi) is 3.46. The number of carbonyl (C=O) groups is 1. The van der Waals surface area contributed by atoms with Crippen LogP contribution in [-0.2, 0) is 6.42 Å². The zero-order chi connectivity index (χ0) is 15.3. The fraction of sp³-hybridized carbons (Fsp3) is 0.529. The monoisotopic (exact) mass is 332 g/mol. The second-order valence-electron chi connectivity index (χ2n) is 7.24. The molecule has 2 aromatic rings. The number of thiophene rings is 1. The maximum atomic E-state index is 12.7. The van der Waals surface area contributed by atoms with E-state index in [-0.39, 0.29) is 5.41 Å². The van der Waals surface area contributed by atoms with E-state index in [0.29, 0.717) is 12.2 Å². The molecule has 4 rings (SSSR count). The van der Waals surface area contributed by atoms with Crippen molar-refractivity contribution >= 4 is 28.9 Å². The van der Waals surface area contributed by atoms with Gasteiger partial charge in [-0.15, -0.1) is 23.1 Å². The zero-order valence-corrected chi connectivity index (χ0v) is 14.6. The van der Waals surface area contributed by atoms with Crippen LogP contribution in [0.3, 0.4) is 0 Å². The van der Waals surface area contributed by atoms with Gasteiger partial charge in [0.15, 0.2) is 5.78 Å². The second kappa shape index (κ2) is 5.24. The molecule has 2 aromatic heterocycles. The van der Waals surface area contributed by atoms with Crippen LogP contribution in [0.15, 0.2) is 16.5 Å². The van der Waals surface area contributed by atoms with Crippen molar-refractivity contribution in [2.24, 2.45) is 11.3 Å². The van der Waals surface area contributed by atoms with Crippen LogP contribution in [0.1, 0.15) is 49.0 Å². The first-order valence-electron chi connectivity index (χ1n) is 7.85. The number of H-pyrrole nitrogens is 1. The van der Waals surface area contributed by atoms with Crippen LogP contribution in [0.5, 0.6) is 0 Å². The Morgan fingerprint density at radius 1 is 1.41 bits per heavy atom. The van der Waals surface area contributed by atoms with E-state index in [4.69, 9.17) is 0 Å². The highest BCUT2D eigenvalue weighted by atomic mass is 32.2. The molecule has 22 heavy (non-hydrogen) atoms. The molecule has 1 saturated carbocycles. The average Bonchev–Trinajstić information content (AvgIpc) is 2.96. The molecule has 1 N–H and O–H groups in total. The summed E-state index contributed by atoms with van der Waals surface area (Å²) in [6, 6.07) is 2.01. The Morgan fingerprint density at radius 2 is 2.23 bits per heavy atom. The van der Waals surface area contributed by atoms with Crippen molar-refractivity contribution in [3.63, 3.8) is 0 Å². The first-order valence-corrected chi connectivity index (χ1v) is 9.65. The summed E-state index contributed by atoms with van der Waals surface area (Å²) in [6.45, 7) is 4.39. The number of Topliss-reactive ketones (excluding diaryl/α,β-unsaturated/α-hetero) is 1. The Labute approximate surface area is 138 Å². The summed E-state index contributed by atoms with van der Waals surface area (Å²) < 4.78 is 1.23. The van der Waals surface area contributed by atoms with Gasteiger partial charge in [-0.05, 0) is 42.2 Å². The summed E-state index contributed by atoms with van der Waals surface area (Å²) in [5.41, 5.74) is 3.36. The quantitative estimate of drug-likeness (QED) is 0.818. The molecule has 0 radical (unpaired) electrons. The fourth-order valence-electron chi connectivity index (χ4n) is 3.14. The van der Waals surface area contributed by atoms with Crippen LogP contribution in [0.25, 0.3) is 10.6 Å². The Morgan fingerprint density at radius 3 is 2.91 bits per heavy atom. The molecular formula is C17H20N2OS2. The van der Waals surface area contributed by atoms with Gasteiger partial charge in [-0.2, -0.15) is 5.10 Å². The van der Waals surface area contributed by atoms with Crippen LogP contribution < -0.4 is 0 Å². The van der Waals surface area contributed by atoms with Crippen molar-refractivity contribution in [1.82, 2.24) is 10.2 Å².